The summed E-state index contributed by atoms with van der Waals surface area (Å²) in [5, 5.41) is 3.73. The molecule has 9 heteroatoms. The molecule has 0 fully saturated rings. The van der Waals surface area contributed by atoms with E-state index in [4.69, 9.17) is 27.9 Å². The lowest BCUT2D eigenvalue weighted by Gasteiger charge is -2.22. The average Bonchev–Trinajstić information content (AvgIpc) is 2.69. The summed E-state index contributed by atoms with van der Waals surface area (Å²) >= 11 is 11.8. The van der Waals surface area contributed by atoms with Gasteiger partial charge < -0.3 is 10.1 Å². The smallest absolute Gasteiger partial charge is 0.243 e. The Kier molecular flexibility index (Phi) is 9.58. The first-order valence-electron chi connectivity index (χ1n) is 9.57. The van der Waals surface area contributed by atoms with Gasteiger partial charge in [-0.1, -0.05) is 35.3 Å². The molecule has 2 aromatic carbocycles. The van der Waals surface area contributed by atoms with E-state index in [1.165, 1.54) is 24.3 Å². The minimum atomic E-state index is -3.91. The van der Waals surface area contributed by atoms with E-state index in [2.05, 4.69) is 5.32 Å². The Morgan fingerprint density at radius 1 is 1.03 bits per heavy atom. The van der Waals surface area contributed by atoms with Crippen LogP contribution in [0, 0.1) is 0 Å². The van der Waals surface area contributed by atoms with Crippen molar-refractivity contribution in [2.45, 2.75) is 37.8 Å². The van der Waals surface area contributed by atoms with Crippen molar-refractivity contribution < 1.29 is 17.9 Å². The number of carbonyl (C=O) groups excluding carboxylic acids is 1. The highest BCUT2D eigenvalue weighted by Gasteiger charge is 2.27. The first-order valence-corrected chi connectivity index (χ1v) is 11.8. The van der Waals surface area contributed by atoms with Gasteiger partial charge in [0.25, 0.3) is 0 Å². The summed E-state index contributed by atoms with van der Waals surface area (Å²) in [6.07, 6.45) is 0.769. The molecule has 30 heavy (non-hydrogen) atoms. The zero-order chi connectivity index (χ0) is 22.1. The van der Waals surface area contributed by atoms with Crippen LogP contribution in [0.5, 0.6) is 0 Å². The quantitative estimate of drug-likeness (QED) is 0.499. The second-order valence-corrected chi connectivity index (χ2v) is 9.79. The lowest BCUT2D eigenvalue weighted by molar-refractivity contribution is -0.121. The number of carbonyl (C=O) groups is 1. The monoisotopic (exact) mass is 472 g/mol. The van der Waals surface area contributed by atoms with Crippen molar-refractivity contribution in [1.29, 1.82) is 0 Å². The Hall–Kier alpha value is -1.64. The molecule has 0 radical (unpaired) electrons. The van der Waals surface area contributed by atoms with Gasteiger partial charge in [-0.05, 0) is 62.2 Å². The number of hydrogen-bond donors (Lipinski definition) is 1. The minimum absolute atomic E-state index is 0.0337. The summed E-state index contributed by atoms with van der Waals surface area (Å²) in [4.78, 5) is 12.5. The average molecular weight is 473 g/mol. The molecule has 6 nitrogen and oxygen atoms in total. The predicted octanol–water partition coefficient (Wildman–Crippen LogP) is 4.12. The van der Waals surface area contributed by atoms with Crippen LogP contribution >= 0.6 is 23.2 Å². The standard InChI is InChI=1S/C21H26Cl2N2O4S/c1-16(2)29-13-3-12-24-21(26)15-25(14-17-4-6-18(22)7-5-17)30(27,28)20-10-8-19(23)9-11-20/h4-11,16H,3,12-15H2,1-2H3,(H,24,26). The normalized spacial score (nSPS) is 11.8. The Morgan fingerprint density at radius 3 is 2.17 bits per heavy atom. The topological polar surface area (TPSA) is 75.7 Å². The second kappa shape index (κ2) is 11.7. The molecule has 0 saturated carbocycles. The van der Waals surface area contributed by atoms with E-state index < -0.39 is 10.0 Å². The molecular formula is C21H26Cl2N2O4S. The Bertz CT molecular complexity index is 917. The van der Waals surface area contributed by atoms with E-state index in [1.807, 2.05) is 13.8 Å². The highest BCUT2D eigenvalue weighted by molar-refractivity contribution is 7.89. The van der Waals surface area contributed by atoms with E-state index in [9.17, 15) is 13.2 Å². The van der Waals surface area contributed by atoms with E-state index in [1.54, 1.807) is 24.3 Å². The van der Waals surface area contributed by atoms with E-state index in [0.29, 0.717) is 29.6 Å². The molecule has 0 bridgehead atoms. The maximum atomic E-state index is 13.2. The first kappa shape index (κ1) is 24.6. The van der Waals surface area contributed by atoms with Gasteiger partial charge in [0.15, 0.2) is 0 Å². The molecule has 0 spiro atoms. The number of halogens is 2. The number of nitrogens with one attached hydrogen (secondary N) is 1. The van der Waals surface area contributed by atoms with Crippen LogP contribution in [0.15, 0.2) is 53.4 Å². The van der Waals surface area contributed by atoms with Crippen molar-refractivity contribution in [3.05, 3.63) is 64.1 Å². The van der Waals surface area contributed by atoms with Crippen molar-refractivity contribution in [1.82, 2.24) is 9.62 Å². The first-order chi connectivity index (χ1) is 14.2. The number of amides is 1. The van der Waals surface area contributed by atoms with Gasteiger partial charge in [0.2, 0.25) is 15.9 Å². The minimum Gasteiger partial charge on any atom is -0.379 e. The third kappa shape index (κ3) is 7.89. The molecule has 2 aromatic rings. The van der Waals surface area contributed by atoms with Gasteiger partial charge >= 0.3 is 0 Å². The predicted molar refractivity (Wildman–Crippen MR) is 119 cm³/mol. The number of nitrogens with zero attached hydrogens (tertiary/aromatic N) is 1. The largest absolute Gasteiger partial charge is 0.379 e. The SMILES string of the molecule is CC(C)OCCCNC(=O)CN(Cc1ccc(Cl)cc1)S(=O)(=O)c1ccc(Cl)cc1. The fourth-order valence-electron chi connectivity index (χ4n) is 2.61. The fourth-order valence-corrected chi connectivity index (χ4v) is 4.25. The van der Waals surface area contributed by atoms with Crippen LogP contribution < -0.4 is 5.32 Å². The zero-order valence-electron chi connectivity index (χ0n) is 17.0. The van der Waals surface area contributed by atoms with Crippen LogP contribution in [0.1, 0.15) is 25.8 Å². The summed E-state index contributed by atoms with van der Waals surface area (Å²) in [5.74, 6) is -0.383. The molecule has 0 atom stereocenters. The third-order valence-electron chi connectivity index (χ3n) is 4.14. The molecule has 0 aromatic heterocycles. The molecule has 1 amide bonds. The van der Waals surface area contributed by atoms with E-state index >= 15 is 0 Å². The highest BCUT2D eigenvalue weighted by atomic mass is 35.5. The van der Waals surface area contributed by atoms with Crippen molar-refractivity contribution in [3.63, 3.8) is 0 Å². The van der Waals surface area contributed by atoms with Gasteiger partial charge in [-0.15, -0.1) is 0 Å². The van der Waals surface area contributed by atoms with Gasteiger partial charge in [0.1, 0.15) is 0 Å². The van der Waals surface area contributed by atoms with Gasteiger partial charge in [-0.3, -0.25) is 4.79 Å². The second-order valence-electron chi connectivity index (χ2n) is 6.98. The molecule has 0 heterocycles. The molecule has 0 aliphatic heterocycles. The maximum absolute atomic E-state index is 13.2. The number of rotatable bonds is 11. The molecule has 2 rings (SSSR count). The molecule has 0 saturated heterocycles. The van der Waals surface area contributed by atoms with Gasteiger partial charge in [0.05, 0.1) is 17.5 Å². The summed E-state index contributed by atoms with van der Waals surface area (Å²) < 4.78 is 32.9. The third-order valence-corrected chi connectivity index (χ3v) is 6.45. The Balaban J connectivity index is 2.11. The Labute approximate surface area is 188 Å². The van der Waals surface area contributed by atoms with Crippen molar-refractivity contribution >= 4 is 39.1 Å². The van der Waals surface area contributed by atoms with Gasteiger partial charge in [-0.2, -0.15) is 4.31 Å². The van der Waals surface area contributed by atoms with Gasteiger partial charge in [0, 0.05) is 29.7 Å². The van der Waals surface area contributed by atoms with E-state index in [0.717, 1.165) is 9.87 Å². The van der Waals surface area contributed by atoms with Crippen LogP contribution in [-0.2, 0) is 26.1 Å². The number of sulfonamides is 1. The summed E-state index contributed by atoms with van der Waals surface area (Å²) in [6.45, 7) is 4.53. The molecule has 164 valence electrons. The van der Waals surface area contributed by atoms with Crippen LogP contribution in [0.2, 0.25) is 10.0 Å². The molecule has 1 N–H and O–H groups in total. The van der Waals surface area contributed by atoms with E-state index in [-0.39, 0.29) is 30.0 Å². The number of ether oxygens (including phenoxy) is 1. The zero-order valence-corrected chi connectivity index (χ0v) is 19.3. The Morgan fingerprint density at radius 2 is 1.60 bits per heavy atom. The summed E-state index contributed by atoms with van der Waals surface area (Å²) in [7, 11) is -3.91. The van der Waals surface area contributed by atoms with Crippen molar-refractivity contribution in [2.24, 2.45) is 0 Å². The number of benzene rings is 2. The maximum Gasteiger partial charge on any atom is 0.243 e. The van der Waals surface area contributed by atoms with Crippen LogP contribution in [0.3, 0.4) is 0 Å². The number of hydrogen-bond acceptors (Lipinski definition) is 4. The molecular weight excluding hydrogens is 447 g/mol. The van der Waals surface area contributed by atoms with Crippen LogP contribution in [0.25, 0.3) is 0 Å². The van der Waals surface area contributed by atoms with Gasteiger partial charge in [-0.25, -0.2) is 8.42 Å². The highest BCUT2D eigenvalue weighted by Crippen LogP contribution is 2.21. The lowest BCUT2D eigenvalue weighted by atomic mass is 10.2. The molecule has 0 unspecified atom stereocenters. The molecule has 0 aliphatic carbocycles. The van der Waals surface area contributed by atoms with Crippen LogP contribution in [-0.4, -0.2) is 44.4 Å². The van der Waals surface area contributed by atoms with Crippen molar-refractivity contribution in [2.75, 3.05) is 19.7 Å². The fraction of sp³-hybridized carbons (Fsp3) is 0.381. The summed E-state index contributed by atoms with van der Waals surface area (Å²) in [5.41, 5.74) is 0.718. The van der Waals surface area contributed by atoms with Crippen LogP contribution in [0.4, 0.5) is 0 Å². The lowest BCUT2D eigenvalue weighted by Crippen LogP contribution is -2.40. The molecule has 0 aliphatic rings. The summed E-state index contributed by atoms with van der Waals surface area (Å²) in [6, 6.07) is 12.7. The van der Waals surface area contributed by atoms with Crippen molar-refractivity contribution in [3.8, 4) is 0 Å².